The number of sulfone groups is 1. The number of halogens is 1. The molecule has 0 spiro atoms. The van der Waals surface area contributed by atoms with E-state index in [1.807, 2.05) is 13.8 Å². The molecule has 1 saturated heterocycles. The summed E-state index contributed by atoms with van der Waals surface area (Å²) < 4.78 is 31.9. The zero-order valence-corrected chi connectivity index (χ0v) is 25.4. The first-order valence-electron chi connectivity index (χ1n) is 13.7. The third kappa shape index (κ3) is 7.44. The number of allylic oxidation sites excluding steroid dienone is 1. The van der Waals surface area contributed by atoms with Crippen LogP contribution >= 0.6 is 11.6 Å². The molecule has 5 N–H and O–H groups in total. The minimum Gasteiger partial charge on any atom is -0.488 e. The molecule has 1 aromatic heterocycles. The van der Waals surface area contributed by atoms with Gasteiger partial charge >= 0.3 is 0 Å². The molecular weight excluding hydrogens is 550 g/mol. The number of nitrogens with two attached hydrogens (primary N) is 1. The summed E-state index contributed by atoms with van der Waals surface area (Å²) in [4.78, 5) is 12.8. The lowest BCUT2D eigenvalue weighted by molar-refractivity contribution is 0.302. The van der Waals surface area contributed by atoms with Crippen LogP contribution in [0.15, 0.2) is 34.0 Å². The highest BCUT2D eigenvalue weighted by Gasteiger charge is 2.29. The predicted molar refractivity (Wildman–Crippen MR) is 162 cm³/mol. The number of aryl methyl sites for hydroxylation is 1. The van der Waals surface area contributed by atoms with Gasteiger partial charge in [-0.25, -0.2) is 13.4 Å². The fraction of sp³-hybridized carbons (Fsp3) is 0.536. The van der Waals surface area contributed by atoms with E-state index < -0.39 is 9.84 Å². The average molecular weight is 590 g/mol. The molecule has 10 nitrogen and oxygen atoms in total. The normalized spacial score (nSPS) is 20.5. The van der Waals surface area contributed by atoms with Crippen LogP contribution in [-0.2, 0) is 9.84 Å². The molecule has 2 atom stereocenters. The van der Waals surface area contributed by atoms with Gasteiger partial charge in [0.15, 0.2) is 20.7 Å². The second-order valence-electron chi connectivity index (χ2n) is 11.1. The van der Waals surface area contributed by atoms with Crippen LogP contribution < -0.4 is 26.4 Å². The fourth-order valence-corrected chi connectivity index (χ4v) is 6.52. The second-order valence-corrected chi connectivity index (χ2v) is 13.5. The van der Waals surface area contributed by atoms with Gasteiger partial charge in [0.2, 0.25) is 5.95 Å². The van der Waals surface area contributed by atoms with Crippen LogP contribution in [0.3, 0.4) is 0 Å². The summed E-state index contributed by atoms with van der Waals surface area (Å²) in [5.74, 6) is 2.03. The van der Waals surface area contributed by atoms with E-state index in [4.69, 9.17) is 22.1 Å². The Balaban J connectivity index is 1.65. The number of rotatable bonds is 11. The van der Waals surface area contributed by atoms with Crippen LogP contribution in [0.2, 0.25) is 5.02 Å². The van der Waals surface area contributed by atoms with E-state index in [0.29, 0.717) is 11.8 Å². The highest BCUT2D eigenvalue weighted by atomic mass is 35.5. The summed E-state index contributed by atoms with van der Waals surface area (Å²) >= 11 is 6.40. The molecule has 1 aliphatic heterocycles. The van der Waals surface area contributed by atoms with Gasteiger partial charge in [0.25, 0.3) is 0 Å². The van der Waals surface area contributed by atoms with Gasteiger partial charge in [0.05, 0.1) is 29.4 Å². The number of aromatic nitrogens is 2. The van der Waals surface area contributed by atoms with Crippen molar-refractivity contribution < 1.29 is 13.2 Å². The third-order valence-electron chi connectivity index (χ3n) is 7.03. The van der Waals surface area contributed by atoms with Gasteiger partial charge in [0.1, 0.15) is 10.8 Å². The van der Waals surface area contributed by atoms with Crippen LogP contribution in [0.4, 0.5) is 17.5 Å². The Bertz CT molecular complexity index is 1390. The van der Waals surface area contributed by atoms with Crippen LogP contribution in [0.5, 0.6) is 5.75 Å². The van der Waals surface area contributed by atoms with Gasteiger partial charge in [0, 0.05) is 13.3 Å². The number of hydrogen-bond acceptors (Lipinski definition) is 10. The van der Waals surface area contributed by atoms with Crippen molar-refractivity contribution in [2.75, 3.05) is 36.5 Å². The van der Waals surface area contributed by atoms with Crippen molar-refractivity contribution in [1.29, 1.82) is 0 Å². The molecule has 0 radical (unpaired) electrons. The Labute approximate surface area is 242 Å². The van der Waals surface area contributed by atoms with Crippen molar-refractivity contribution in [3.05, 3.63) is 45.2 Å². The molecule has 40 heavy (non-hydrogen) atoms. The summed E-state index contributed by atoms with van der Waals surface area (Å²) in [5, 5.41) is 9.59. The van der Waals surface area contributed by atoms with Crippen LogP contribution in [0.1, 0.15) is 57.1 Å². The lowest BCUT2D eigenvalue weighted by Gasteiger charge is -2.31. The molecule has 1 aliphatic carbocycles. The topological polar surface area (TPSA) is 144 Å². The number of ether oxygens (including phenoxy) is 1. The summed E-state index contributed by atoms with van der Waals surface area (Å²) in [6.07, 6.45) is 6.14. The van der Waals surface area contributed by atoms with Crippen molar-refractivity contribution in [2.24, 2.45) is 22.6 Å². The number of nitrogens with one attached hydrogen (secondary N) is 3. The smallest absolute Gasteiger partial charge is 0.229 e. The Morgan fingerprint density at radius 2 is 2.08 bits per heavy atom. The monoisotopic (exact) mass is 589 g/mol. The molecule has 12 heteroatoms. The SMILES string of the molecule is CN=CC(Nc1nc(Nc2cc(C)c(C3CCNCC3C)cc2OC2CC2)ncc1Cl)=C(N)S(=O)(=O)CC(C)C. The Kier molecular flexibility index (Phi) is 9.58. The number of hydrogen-bond donors (Lipinski definition) is 4. The molecular formula is C28H40ClN7O3S. The first kappa shape index (κ1) is 30.1. The molecule has 218 valence electrons. The van der Waals surface area contributed by atoms with Crippen LogP contribution in [0.25, 0.3) is 0 Å². The molecule has 2 aliphatic rings. The highest BCUT2D eigenvalue weighted by Crippen LogP contribution is 2.40. The van der Waals surface area contributed by atoms with E-state index in [0.717, 1.165) is 43.8 Å². The van der Waals surface area contributed by atoms with Crippen LogP contribution in [-0.4, -0.2) is 56.6 Å². The number of anilines is 3. The number of benzene rings is 1. The Hall–Kier alpha value is -2.89. The zero-order valence-electron chi connectivity index (χ0n) is 23.8. The summed E-state index contributed by atoms with van der Waals surface area (Å²) in [6, 6.07) is 4.24. The zero-order chi connectivity index (χ0) is 29.0. The van der Waals surface area contributed by atoms with Crippen molar-refractivity contribution >= 4 is 45.1 Å². The van der Waals surface area contributed by atoms with E-state index in [9.17, 15) is 8.42 Å². The number of nitrogens with zero attached hydrogens (tertiary/aromatic N) is 3. The molecule has 2 heterocycles. The quantitative estimate of drug-likeness (QED) is 0.273. The van der Waals surface area contributed by atoms with Crippen molar-refractivity contribution in [1.82, 2.24) is 15.3 Å². The Morgan fingerprint density at radius 1 is 1.32 bits per heavy atom. The lowest BCUT2D eigenvalue weighted by Crippen LogP contribution is -2.34. The minimum absolute atomic E-state index is 0.0868. The first-order valence-corrected chi connectivity index (χ1v) is 15.7. The van der Waals surface area contributed by atoms with E-state index in [2.05, 4.69) is 56.9 Å². The molecule has 1 aromatic carbocycles. The minimum atomic E-state index is -3.73. The van der Waals surface area contributed by atoms with Gasteiger partial charge in [-0.15, -0.1) is 0 Å². The first-order chi connectivity index (χ1) is 19.0. The summed E-state index contributed by atoms with van der Waals surface area (Å²) in [5.41, 5.74) is 9.40. The number of aliphatic imine (C=N–C) groups is 1. The van der Waals surface area contributed by atoms with Gasteiger partial charge in [-0.2, -0.15) is 4.98 Å². The van der Waals surface area contributed by atoms with E-state index in [1.54, 1.807) is 0 Å². The molecule has 4 rings (SSSR count). The van der Waals surface area contributed by atoms with Crippen molar-refractivity contribution in [2.45, 2.75) is 59.0 Å². The second kappa shape index (κ2) is 12.7. The Morgan fingerprint density at radius 3 is 2.73 bits per heavy atom. The molecule has 2 aromatic rings. The third-order valence-corrected chi connectivity index (χ3v) is 9.30. The maximum atomic E-state index is 12.8. The van der Waals surface area contributed by atoms with Crippen molar-refractivity contribution in [3.8, 4) is 5.75 Å². The van der Waals surface area contributed by atoms with Gasteiger partial charge in [-0.05, 0) is 80.3 Å². The summed E-state index contributed by atoms with van der Waals surface area (Å²) in [6.45, 7) is 10.0. The number of piperidine rings is 1. The van der Waals surface area contributed by atoms with Gasteiger partial charge in [-0.3, -0.25) is 4.99 Å². The highest BCUT2D eigenvalue weighted by molar-refractivity contribution is 7.95. The van der Waals surface area contributed by atoms with Crippen LogP contribution in [0, 0.1) is 18.8 Å². The van der Waals surface area contributed by atoms with Gasteiger partial charge in [-0.1, -0.05) is 32.4 Å². The van der Waals surface area contributed by atoms with Crippen molar-refractivity contribution in [3.63, 3.8) is 0 Å². The predicted octanol–water partition coefficient (Wildman–Crippen LogP) is 4.75. The van der Waals surface area contributed by atoms with E-state index in [1.165, 1.54) is 30.6 Å². The largest absolute Gasteiger partial charge is 0.488 e. The van der Waals surface area contributed by atoms with E-state index in [-0.39, 0.29) is 45.3 Å². The fourth-order valence-electron chi connectivity index (χ4n) is 4.89. The van der Waals surface area contributed by atoms with E-state index >= 15 is 0 Å². The summed E-state index contributed by atoms with van der Waals surface area (Å²) in [7, 11) is -2.20. The molecule has 2 unspecified atom stereocenters. The average Bonchev–Trinajstić information content (AvgIpc) is 3.70. The van der Waals surface area contributed by atoms with Gasteiger partial charge < -0.3 is 26.4 Å². The molecule has 0 amide bonds. The lowest BCUT2D eigenvalue weighted by atomic mass is 9.80. The molecule has 2 fully saturated rings. The maximum Gasteiger partial charge on any atom is 0.229 e. The standard InChI is InChI=1S/C28H40ClN7O3S/c1-16(2)15-40(37,38)26(30)24(14-31-5)34-27-22(29)13-33-28(36-27)35-23-10-17(3)21(11-25(23)39-19-6-7-19)20-8-9-32-12-18(20)4/h10-11,13-14,16,18-20,32H,6-9,12,15,30H2,1-5H3,(H2,33,34,35,36). The molecule has 1 saturated carbocycles. The maximum absolute atomic E-state index is 12.8. The molecule has 0 bridgehead atoms.